The van der Waals surface area contributed by atoms with Gasteiger partial charge in [-0.05, 0) is 35.9 Å². The van der Waals surface area contributed by atoms with Crippen molar-refractivity contribution in [1.29, 1.82) is 0 Å². The van der Waals surface area contributed by atoms with Gasteiger partial charge in [-0.1, -0.05) is 18.2 Å². The summed E-state index contributed by atoms with van der Waals surface area (Å²) in [4.78, 5) is 4.33. The smallest absolute Gasteiger partial charge is 0.247 e. The summed E-state index contributed by atoms with van der Waals surface area (Å²) >= 11 is 0. The average Bonchev–Trinajstić information content (AvgIpc) is 3.02. The number of nitrogens with zero attached hydrogens (tertiary/aromatic N) is 3. The molecule has 0 radical (unpaired) electrons. The minimum Gasteiger partial charge on any atom is -0.421 e. The van der Waals surface area contributed by atoms with Crippen molar-refractivity contribution in [3.8, 4) is 22.6 Å². The molecule has 4 rings (SSSR count). The van der Waals surface area contributed by atoms with Crippen molar-refractivity contribution in [2.45, 2.75) is 6.92 Å². The van der Waals surface area contributed by atoms with Crippen LogP contribution in [-0.4, -0.2) is 15.2 Å². The van der Waals surface area contributed by atoms with Gasteiger partial charge >= 0.3 is 0 Å². The van der Waals surface area contributed by atoms with Crippen molar-refractivity contribution >= 4 is 10.9 Å². The molecule has 0 atom stereocenters. The topological polar surface area (TPSA) is 51.8 Å². The van der Waals surface area contributed by atoms with Gasteiger partial charge in [0.15, 0.2) is 0 Å². The van der Waals surface area contributed by atoms with E-state index in [0.717, 1.165) is 16.7 Å². The van der Waals surface area contributed by atoms with Crippen LogP contribution in [0.1, 0.15) is 5.89 Å². The van der Waals surface area contributed by atoms with Crippen LogP contribution in [0.15, 0.2) is 59.1 Å². The molecule has 4 aromatic rings. The first-order valence-corrected chi connectivity index (χ1v) is 7.16. The standard InChI is InChI=1S/C18H12FN3O/c1-11-21-22-18(23-11)13-5-2-4-12(8-13)14-9-15-16(19)6-3-7-17(15)20-10-14/h2-10H,1H3. The van der Waals surface area contributed by atoms with Crippen LogP contribution in [0.5, 0.6) is 0 Å². The van der Waals surface area contributed by atoms with Crippen LogP contribution in [0.25, 0.3) is 33.5 Å². The zero-order valence-corrected chi connectivity index (χ0v) is 12.3. The normalized spacial score (nSPS) is 11.0. The second-order valence-corrected chi connectivity index (χ2v) is 5.24. The number of fused-ring (bicyclic) bond motifs is 1. The molecule has 2 heterocycles. The zero-order chi connectivity index (χ0) is 15.8. The van der Waals surface area contributed by atoms with Gasteiger partial charge in [0.25, 0.3) is 0 Å². The highest BCUT2D eigenvalue weighted by Crippen LogP contribution is 2.28. The van der Waals surface area contributed by atoms with E-state index < -0.39 is 0 Å². The predicted molar refractivity (Wildman–Crippen MR) is 85.2 cm³/mol. The molecule has 2 aromatic carbocycles. The number of benzene rings is 2. The van der Waals surface area contributed by atoms with E-state index in [1.807, 2.05) is 24.3 Å². The fourth-order valence-corrected chi connectivity index (χ4v) is 2.52. The number of pyridine rings is 1. The third-order valence-corrected chi connectivity index (χ3v) is 3.64. The number of rotatable bonds is 2. The van der Waals surface area contributed by atoms with Crippen molar-refractivity contribution in [3.05, 3.63) is 66.4 Å². The Bertz CT molecular complexity index is 1010. The van der Waals surface area contributed by atoms with Gasteiger partial charge in [-0.15, -0.1) is 10.2 Å². The van der Waals surface area contributed by atoms with Gasteiger partial charge in [0.05, 0.1) is 5.52 Å². The molecule has 0 aliphatic carbocycles. The van der Waals surface area contributed by atoms with Crippen molar-refractivity contribution in [1.82, 2.24) is 15.2 Å². The molecular weight excluding hydrogens is 293 g/mol. The molecule has 0 aliphatic heterocycles. The third-order valence-electron chi connectivity index (χ3n) is 3.64. The monoisotopic (exact) mass is 305 g/mol. The highest BCUT2D eigenvalue weighted by atomic mass is 19.1. The lowest BCUT2D eigenvalue weighted by molar-refractivity contribution is 0.533. The quantitative estimate of drug-likeness (QED) is 0.551. The molecule has 0 bridgehead atoms. The molecule has 0 N–H and O–H groups in total. The molecule has 0 aliphatic rings. The van der Waals surface area contributed by atoms with E-state index in [-0.39, 0.29) is 5.82 Å². The Labute approximate surface area is 131 Å². The lowest BCUT2D eigenvalue weighted by Crippen LogP contribution is -1.87. The van der Waals surface area contributed by atoms with Crippen molar-refractivity contribution in [3.63, 3.8) is 0 Å². The first-order chi connectivity index (χ1) is 11.2. The fourth-order valence-electron chi connectivity index (χ4n) is 2.52. The van der Waals surface area contributed by atoms with E-state index in [1.165, 1.54) is 6.07 Å². The maximum atomic E-state index is 14.0. The summed E-state index contributed by atoms with van der Waals surface area (Å²) in [7, 11) is 0. The van der Waals surface area contributed by atoms with Gasteiger partial charge in [-0.2, -0.15) is 0 Å². The summed E-state index contributed by atoms with van der Waals surface area (Å²) in [5.74, 6) is 0.699. The molecule has 0 amide bonds. The predicted octanol–water partition coefficient (Wildman–Crippen LogP) is 4.40. The largest absolute Gasteiger partial charge is 0.421 e. The maximum absolute atomic E-state index is 14.0. The van der Waals surface area contributed by atoms with E-state index >= 15 is 0 Å². The lowest BCUT2D eigenvalue weighted by atomic mass is 10.0. The van der Waals surface area contributed by atoms with E-state index in [1.54, 1.807) is 31.3 Å². The van der Waals surface area contributed by atoms with E-state index in [2.05, 4.69) is 15.2 Å². The Kier molecular flexibility index (Phi) is 3.12. The molecule has 112 valence electrons. The van der Waals surface area contributed by atoms with E-state index in [9.17, 15) is 4.39 Å². The van der Waals surface area contributed by atoms with Crippen molar-refractivity contribution in [2.75, 3.05) is 0 Å². The van der Waals surface area contributed by atoms with Gasteiger partial charge < -0.3 is 4.42 Å². The molecule has 23 heavy (non-hydrogen) atoms. The minimum absolute atomic E-state index is 0.277. The zero-order valence-electron chi connectivity index (χ0n) is 12.3. The number of hydrogen-bond donors (Lipinski definition) is 0. The van der Waals surface area contributed by atoms with Gasteiger partial charge in [0, 0.05) is 29.6 Å². The van der Waals surface area contributed by atoms with E-state index in [4.69, 9.17) is 4.42 Å². The SMILES string of the molecule is Cc1nnc(-c2cccc(-c3cnc4cccc(F)c4c3)c2)o1. The number of halogens is 1. The van der Waals surface area contributed by atoms with Crippen LogP contribution in [-0.2, 0) is 0 Å². The number of hydrogen-bond acceptors (Lipinski definition) is 4. The Morgan fingerprint density at radius 2 is 1.74 bits per heavy atom. The second-order valence-electron chi connectivity index (χ2n) is 5.24. The summed E-state index contributed by atoms with van der Waals surface area (Å²) in [6.45, 7) is 1.75. The summed E-state index contributed by atoms with van der Waals surface area (Å²) in [6.07, 6.45) is 1.74. The van der Waals surface area contributed by atoms with Crippen LogP contribution in [0.2, 0.25) is 0 Å². The van der Waals surface area contributed by atoms with Crippen LogP contribution >= 0.6 is 0 Å². The first kappa shape index (κ1) is 13.6. The van der Waals surface area contributed by atoms with Crippen molar-refractivity contribution in [2.24, 2.45) is 0 Å². The Morgan fingerprint density at radius 1 is 0.913 bits per heavy atom. The summed E-state index contributed by atoms with van der Waals surface area (Å²) in [6, 6.07) is 14.3. The third kappa shape index (κ3) is 2.46. The summed E-state index contributed by atoms with van der Waals surface area (Å²) in [5, 5.41) is 8.37. The Morgan fingerprint density at radius 3 is 2.57 bits per heavy atom. The molecule has 0 saturated carbocycles. The number of aromatic nitrogens is 3. The Hall–Kier alpha value is -3.08. The molecule has 0 spiro atoms. The molecule has 4 nitrogen and oxygen atoms in total. The molecule has 0 saturated heterocycles. The molecular formula is C18H12FN3O. The molecule has 0 fully saturated rings. The van der Waals surface area contributed by atoms with Crippen LogP contribution in [0, 0.1) is 12.7 Å². The van der Waals surface area contributed by atoms with Crippen molar-refractivity contribution < 1.29 is 8.81 Å². The second kappa shape index (κ2) is 5.28. The highest BCUT2D eigenvalue weighted by Gasteiger charge is 2.09. The van der Waals surface area contributed by atoms with Crippen LogP contribution < -0.4 is 0 Å². The van der Waals surface area contributed by atoms with Gasteiger partial charge in [-0.25, -0.2) is 4.39 Å². The average molecular weight is 305 g/mol. The molecule has 2 aromatic heterocycles. The number of aryl methyl sites for hydroxylation is 1. The van der Waals surface area contributed by atoms with Crippen LogP contribution in [0.3, 0.4) is 0 Å². The fraction of sp³-hybridized carbons (Fsp3) is 0.0556. The van der Waals surface area contributed by atoms with Gasteiger partial charge in [0.1, 0.15) is 5.82 Å². The van der Waals surface area contributed by atoms with Gasteiger partial charge in [-0.3, -0.25) is 4.98 Å². The lowest BCUT2D eigenvalue weighted by Gasteiger charge is -2.05. The molecule has 5 heteroatoms. The summed E-state index contributed by atoms with van der Waals surface area (Å²) in [5.41, 5.74) is 3.20. The highest BCUT2D eigenvalue weighted by molar-refractivity contribution is 5.84. The van der Waals surface area contributed by atoms with Gasteiger partial charge in [0.2, 0.25) is 11.8 Å². The minimum atomic E-state index is -0.277. The van der Waals surface area contributed by atoms with E-state index in [0.29, 0.717) is 22.7 Å². The summed E-state index contributed by atoms with van der Waals surface area (Å²) < 4.78 is 19.4. The molecule has 0 unspecified atom stereocenters. The van der Waals surface area contributed by atoms with Crippen LogP contribution in [0.4, 0.5) is 4.39 Å². The first-order valence-electron chi connectivity index (χ1n) is 7.16. The maximum Gasteiger partial charge on any atom is 0.247 e. The Balaban J connectivity index is 1.83.